The fourth-order valence-corrected chi connectivity index (χ4v) is 12.0. The molecule has 4 fully saturated rings. The summed E-state index contributed by atoms with van der Waals surface area (Å²) in [6.45, 7) is 12.2. The van der Waals surface area contributed by atoms with Crippen LogP contribution in [0, 0.1) is 11.8 Å². The van der Waals surface area contributed by atoms with E-state index in [2.05, 4.69) is 64.2 Å². The number of carbonyl (C=O) groups excluding carboxylic acids is 4. The van der Waals surface area contributed by atoms with Gasteiger partial charge in [-0.2, -0.15) is 0 Å². The van der Waals surface area contributed by atoms with Crippen molar-refractivity contribution < 1.29 is 38.1 Å². The van der Waals surface area contributed by atoms with Crippen molar-refractivity contribution in [1.82, 2.24) is 39.8 Å². The average molecular weight is 946 g/mol. The Morgan fingerprint density at radius 3 is 1.80 bits per heavy atom. The van der Waals surface area contributed by atoms with Gasteiger partial charge in [0.25, 0.3) is 0 Å². The highest BCUT2D eigenvalue weighted by atomic mass is 16.5. The van der Waals surface area contributed by atoms with Gasteiger partial charge < -0.3 is 48.8 Å². The van der Waals surface area contributed by atoms with Gasteiger partial charge in [0.15, 0.2) is 0 Å². The topological polar surface area (TPSA) is 194 Å². The highest BCUT2D eigenvalue weighted by Crippen LogP contribution is 2.40. The maximum atomic E-state index is 14.6. The number of nitrogens with zero attached hydrogens (tertiary/aromatic N) is 6. The van der Waals surface area contributed by atoms with E-state index in [0.29, 0.717) is 37.9 Å². The first-order valence-electron chi connectivity index (χ1n) is 24.7. The van der Waals surface area contributed by atoms with Crippen LogP contribution in [0.5, 0.6) is 0 Å². The van der Waals surface area contributed by atoms with E-state index in [1.165, 1.54) is 14.2 Å². The minimum Gasteiger partial charge on any atom is -0.453 e. The first-order chi connectivity index (χ1) is 33.2. The fourth-order valence-electron chi connectivity index (χ4n) is 12.0. The molecule has 3 unspecified atom stereocenters. The number of hydrogen-bond donors (Lipinski definition) is 3. The third-order valence-corrected chi connectivity index (χ3v) is 15.1. The van der Waals surface area contributed by atoms with Crippen molar-refractivity contribution in [2.45, 2.75) is 160 Å². The minimum atomic E-state index is -0.746. The van der Waals surface area contributed by atoms with Gasteiger partial charge in [0.1, 0.15) is 17.9 Å². The lowest BCUT2D eigenvalue weighted by Crippen LogP contribution is -2.57. The number of ether oxygens (including phenoxy) is 4. The number of benzene rings is 1. The molecule has 3 N–H and O–H groups in total. The van der Waals surface area contributed by atoms with Crippen LogP contribution in [0.1, 0.15) is 117 Å². The number of imidazole rings is 1. The van der Waals surface area contributed by atoms with Crippen LogP contribution < -0.4 is 10.6 Å². The molecule has 0 aliphatic carbocycles. The average Bonchev–Trinajstić information content (AvgIpc) is 4.20. The number of likely N-dealkylation sites (tertiary alicyclic amines) is 2. The Labute approximate surface area is 403 Å². The van der Waals surface area contributed by atoms with Crippen LogP contribution in [0.2, 0.25) is 0 Å². The molecule has 1 aromatic carbocycles. The molecule has 0 saturated carbocycles. The molecule has 5 aliphatic rings. The van der Waals surface area contributed by atoms with E-state index in [-0.39, 0.29) is 72.2 Å². The maximum Gasteiger partial charge on any atom is 0.407 e. The number of allylic oxidation sites excluding steroid dienone is 1. The zero-order valence-electron chi connectivity index (χ0n) is 41.0. The third kappa shape index (κ3) is 9.76. The van der Waals surface area contributed by atoms with Crippen molar-refractivity contribution in [3.05, 3.63) is 72.7 Å². The van der Waals surface area contributed by atoms with Gasteiger partial charge in [0.2, 0.25) is 11.8 Å². The van der Waals surface area contributed by atoms with Crippen LogP contribution in [0.15, 0.2) is 66.2 Å². The second-order valence-corrected chi connectivity index (χ2v) is 20.0. The molecule has 17 heteroatoms. The third-order valence-electron chi connectivity index (χ3n) is 15.1. The van der Waals surface area contributed by atoms with Crippen LogP contribution in [0.25, 0.3) is 33.6 Å². The monoisotopic (exact) mass is 946 g/mol. The zero-order chi connectivity index (χ0) is 48.7. The number of rotatable bonds is 11. The second-order valence-electron chi connectivity index (χ2n) is 20.0. The summed E-state index contributed by atoms with van der Waals surface area (Å²) in [6.07, 6.45) is 12.7. The van der Waals surface area contributed by atoms with E-state index in [4.69, 9.17) is 33.9 Å². The number of H-pyrrole nitrogens is 1. The Morgan fingerprint density at radius 1 is 0.696 bits per heavy atom. The summed E-state index contributed by atoms with van der Waals surface area (Å²) in [4.78, 5) is 76.4. The van der Waals surface area contributed by atoms with E-state index >= 15 is 0 Å². The molecule has 0 bridgehead atoms. The SMILES string of the molecule is COC(=O)NC(C(=O)N1[C@@H](C)CC[C@H]1c1ncc(-c2ccc(-c3cnc(C4=CN=C([C@@H]5CC[C@H](C)N5C(=O)[C@@H](NC(=O)OC)C5C[C@@H](C)O[C@@H](C)C5)C4)c4cccn34)cc2)[nH]1)C1C[C@@H](C)O[C@@H](C)C1. The highest BCUT2D eigenvalue weighted by molar-refractivity contribution is 6.04. The summed E-state index contributed by atoms with van der Waals surface area (Å²) < 4.78 is 24.1. The first kappa shape index (κ1) is 48.0. The van der Waals surface area contributed by atoms with Gasteiger partial charge in [-0.1, -0.05) is 24.3 Å². The van der Waals surface area contributed by atoms with E-state index in [1.54, 1.807) is 0 Å². The van der Waals surface area contributed by atoms with Gasteiger partial charge in [-0.15, -0.1) is 0 Å². The Balaban J connectivity index is 0.890. The molecule has 69 heavy (non-hydrogen) atoms. The van der Waals surface area contributed by atoms with Crippen LogP contribution >= 0.6 is 0 Å². The quantitative estimate of drug-likeness (QED) is 0.133. The van der Waals surface area contributed by atoms with E-state index < -0.39 is 24.3 Å². The summed E-state index contributed by atoms with van der Waals surface area (Å²) in [5.41, 5.74) is 7.38. The molecule has 0 spiro atoms. The summed E-state index contributed by atoms with van der Waals surface area (Å²) in [5.74, 6) is 0.286. The molecular formula is C52H67N9O8. The maximum absolute atomic E-state index is 14.6. The van der Waals surface area contributed by atoms with Crippen LogP contribution in [0.3, 0.4) is 0 Å². The number of hydrogen-bond acceptors (Lipinski definition) is 11. The molecule has 4 aromatic rings. The Kier molecular flexibility index (Phi) is 14.0. The molecule has 368 valence electrons. The molecule has 4 amide bonds. The Hall–Kier alpha value is -6.07. The van der Waals surface area contributed by atoms with Crippen LogP contribution in [-0.4, -0.2) is 128 Å². The normalized spacial score (nSPS) is 29.0. The number of aromatic nitrogens is 4. The van der Waals surface area contributed by atoms with Crippen molar-refractivity contribution in [2.75, 3.05) is 14.2 Å². The molecule has 0 radical (unpaired) electrons. The molecule has 12 atom stereocenters. The molecule has 8 heterocycles. The summed E-state index contributed by atoms with van der Waals surface area (Å²) in [6, 6.07) is 10.3. The van der Waals surface area contributed by atoms with Gasteiger partial charge in [0, 0.05) is 47.7 Å². The number of aliphatic imine (C=N–C) groups is 1. The Morgan fingerprint density at radius 2 is 1.23 bits per heavy atom. The van der Waals surface area contributed by atoms with E-state index in [1.807, 2.05) is 68.4 Å². The number of methoxy groups -OCH3 is 2. The van der Waals surface area contributed by atoms with Gasteiger partial charge >= 0.3 is 12.2 Å². The highest BCUT2D eigenvalue weighted by Gasteiger charge is 2.46. The van der Waals surface area contributed by atoms with Crippen molar-refractivity contribution in [1.29, 1.82) is 0 Å². The summed E-state index contributed by atoms with van der Waals surface area (Å²) >= 11 is 0. The number of carbonyl (C=O) groups is 4. The van der Waals surface area contributed by atoms with E-state index in [9.17, 15) is 19.2 Å². The molecule has 3 aromatic heterocycles. The van der Waals surface area contributed by atoms with Gasteiger partial charge in [0.05, 0.1) is 85.7 Å². The number of aromatic amines is 1. The predicted octanol–water partition coefficient (Wildman–Crippen LogP) is 7.86. The lowest BCUT2D eigenvalue weighted by molar-refractivity contribution is -0.140. The van der Waals surface area contributed by atoms with Gasteiger partial charge in [-0.25, -0.2) is 14.6 Å². The lowest BCUT2D eigenvalue weighted by Gasteiger charge is -2.39. The minimum absolute atomic E-state index is 0.0219. The Bertz CT molecular complexity index is 2590. The van der Waals surface area contributed by atoms with Gasteiger partial charge in [-0.3, -0.25) is 19.6 Å². The van der Waals surface area contributed by atoms with Crippen molar-refractivity contribution in [3.63, 3.8) is 0 Å². The van der Waals surface area contributed by atoms with Gasteiger partial charge in [-0.05, 0) is 122 Å². The molecule has 9 rings (SSSR count). The largest absolute Gasteiger partial charge is 0.453 e. The van der Waals surface area contributed by atoms with Crippen LogP contribution in [0.4, 0.5) is 9.59 Å². The number of fused-ring (bicyclic) bond motifs is 1. The molecule has 17 nitrogen and oxygen atoms in total. The van der Waals surface area contributed by atoms with E-state index in [0.717, 1.165) is 70.7 Å². The summed E-state index contributed by atoms with van der Waals surface area (Å²) in [7, 11) is 2.64. The zero-order valence-corrected chi connectivity index (χ0v) is 41.0. The number of amides is 4. The standard InChI is InChI=1S/C52H67N9O8/c1-28-11-17-41(60(28)49(62)46(57-51(64)66-7)36-20-30(3)68-31(4)21-36)39-24-38(25-53-39)45-42-10-9-19-59(42)44(27-54-45)35-15-13-34(14-16-35)40-26-55-48(56-40)43-18-12-29(2)61(43)50(63)47(58-52(65)67-8)37-22-32(5)69-33(6)23-37/h9-10,13-16,19,25-33,36-37,41,43,46-47H,11-12,17-18,20-24H2,1-8H3,(H,55,56)(H,57,64)(H,58,65)/t28-,29-,30-,31+,32-,33+,36?,37?,41-,43-,46-,47?/m0/s1. The van der Waals surface area contributed by atoms with Crippen molar-refractivity contribution in [2.24, 2.45) is 16.8 Å². The van der Waals surface area contributed by atoms with Crippen molar-refractivity contribution in [3.8, 4) is 22.5 Å². The lowest BCUT2D eigenvalue weighted by atomic mass is 9.85. The predicted molar refractivity (Wildman–Crippen MR) is 260 cm³/mol. The molecule has 5 aliphatic heterocycles. The fraction of sp³-hybridized carbons (Fsp3) is 0.558. The van der Waals surface area contributed by atoms with Crippen LogP contribution in [-0.2, 0) is 28.5 Å². The summed E-state index contributed by atoms with van der Waals surface area (Å²) in [5, 5.41) is 5.78. The smallest absolute Gasteiger partial charge is 0.407 e. The first-order valence-corrected chi connectivity index (χ1v) is 24.7. The molecule has 4 saturated heterocycles. The van der Waals surface area contributed by atoms with Crippen molar-refractivity contribution >= 4 is 40.8 Å². The molecular weight excluding hydrogens is 879 g/mol. The second kappa shape index (κ2) is 20.1. The number of nitrogens with one attached hydrogen (secondary N) is 3. The number of alkyl carbamates (subject to hydrolysis) is 2.